The normalized spacial score (nSPS) is 10.8. The topological polar surface area (TPSA) is 75.5 Å². The van der Waals surface area contributed by atoms with E-state index < -0.39 is 7.72 Å². The molecular weight excluding hydrogens is 525 g/mol. The van der Waals surface area contributed by atoms with Gasteiger partial charge in [0.1, 0.15) is 12.3 Å². The van der Waals surface area contributed by atoms with Gasteiger partial charge in [-0.05, 0) is 19.3 Å². The van der Waals surface area contributed by atoms with Gasteiger partial charge in [0.05, 0.1) is 0 Å². The lowest BCUT2D eigenvalue weighted by Crippen LogP contribution is -3.00. The molecule has 188 valence electrons. The fraction of sp³-hybridized carbons (Fsp3) is 1.00. The zero-order valence-electron chi connectivity index (χ0n) is 20.4. The third kappa shape index (κ3) is 31.5. The molecule has 0 aromatic rings. The number of unbranched alkanes of at least 4 members (excludes halogenated alkanes) is 18. The Morgan fingerprint density at radius 3 is 0.967 bits per heavy atom. The number of hydrogen-bond donors (Lipinski definition) is 3. The molecule has 0 amide bonds. The van der Waals surface area contributed by atoms with Crippen molar-refractivity contribution in [2.75, 3.05) is 12.3 Å². The van der Waals surface area contributed by atoms with Gasteiger partial charge < -0.3 is 23.1 Å². The van der Waals surface area contributed by atoms with E-state index in [-0.39, 0.29) is 40.1 Å². The molecule has 0 bridgehead atoms. The Bertz CT molecular complexity index is 298. The average Bonchev–Trinajstić information content (AvgIpc) is 2.65. The summed E-state index contributed by atoms with van der Waals surface area (Å²) in [7, 11) is -2.55. The molecule has 0 unspecified atom stereocenters. The Kier molecular flexibility index (Phi) is 38.9. The maximum atomic E-state index is 9.95. The van der Waals surface area contributed by atoms with Gasteiger partial charge >= 0.3 is 0 Å². The van der Waals surface area contributed by atoms with Gasteiger partial charge in [-0.1, -0.05) is 123 Å². The summed E-state index contributed by atoms with van der Waals surface area (Å²) in [6.07, 6.45) is 28.1. The number of rotatable bonds is 22. The molecule has 0 saturated heterocycles. The number of halogens is 2. The van der Waals surface area contributed by atoms with Crippen LogP contribution in [0.2, 0.25) is 0 Å². The van der Waals surface area contributed by atoms with E-state index in [1.807, 2.05) is 0 Å². The van der Waals surface area contributed by atoms with Crippen LogP contribution in [-0.2, 0) is 0 Å². The fourth-order valence-electron chi connectivity index (χ4n) is 3.79. The van der Waals surface area contributed by atoms with Crippen LogP contribution in [0.4, 0.5) is 0 Å². The SMILES string of the molecule is Br.CCCCCCCCCCCCCCCCCCCC[P+](O)(O)CCCC.N.[Br-]. The van der Waals surface area contributed by atoms with Crippen LogP contribution in [0.5, 0.6) is 0 Å². The van der Waals surface area contributed by atoms with Gasteiger partial charge in [-0.25, -0.2) is 9.79 Å². The molecule has 30 heavy (non-hydrogen) atoms. The van der Waals surface area contributed by atoms with Crippen molar-refractivity contribution in [3.05, 3.63) is 0 Å². The second-order valence-corrected chi connectivity index (χ2v) is 11.3. The monoisotopic (exact) mass is 579 g/mol. The van der Waals surface area contributed by atoms with Gasteiger partial charge in [-0.15, -0.1) is 17.0 Å². The highest BCUT2D eigenvalue weighted by Gasteiger charge is 2.30. The first kappa shape index (κ1) is 38.5. The molecule has 6 heteroatoms. The van der Waals surface area contributed by atoms with Crippen molar-refractivity contribution in [1.29, 1.82) is 0 Å². The van der Waals surface area contributed by atoms with E-state index in [0.717, 1.165) is 19.3 Å². The van der Waals surface area contributed by atoms with Crippen LogP contribution >= 0.6 is 24.7 Å². The Labute approximate surface area is 211 Å². The molecule has 0 radical (unpaired) electrons. The van der Waals surface area contributed by atoms with Crippen LogP contribution in [-0.4, -0.2) is 22.1 Å². The first-order valence-corrected chi connectivity index (χ1v) is 14.5. The van der Waals surface area contributed by atoms with Crippen LogP contribution in [0.1, 0.15) is 142 Å². The predicted molar refractivity (Wildman–Crippen MR) is 140 cm³/mol. The molecule has 0 aromatic heterocycles. The lowest BCUT2D eigenvalue weighted by Gasteiger charge is -2.11. The molecule has 3 nitrogen and oxygen atoms in total. The van der Waals surface area contributed by atoms with E-state index in [9.17, 15) is 9.79 Å². The lowest BCUT2D eigenvalue weighted by molar-refractivity contribution is -0.00000961. The van der Waals surface area contributed by atoms with Crippen LogP contribution in [0.15, 0.2) is 0 Å². The summed E-state index contributed by atoms with van der Waals surface area (Å²) in [6.45, 7) is 4.39. The Morgan fingerprint density at radius 2 is 0.667 bits per heavy atom. The van der Waals surface area contributed by atoms with Crippen molar-refractivity contribution in [3.8, 4) is 0 Å². The molecule has 0 rings (SSSR count). The van der Waals surface area contributed by atoms with Crippen molar-refractivity contribution >= 4 is 24.7 Å². The molecule has 0 aliphatic heterocycles. The van der Waals surface area contributed by atoms with Gasteiger partial charge in [0.15, 0.2) is 0 Å². The predicted octanol–water partition coefficient (Wildman–Crippen LogP) is 6.40. The third-order valence-electron chi connectivity index (χ3n) is 5.74. The molecule has 0 fully saturated rings. The quantitative estimate of drug-likeness (QED) is 0.102. The van der Waals surface area contributed by atoms with E-state index in [1.165, 1.54) is 109 Å². The standard InChI is InChI=1S/C24H52O2P.2BrH.H3N/c1-3-5-7-8-9-10-11-12-13-14-15-16-17-18-19-20-21-22-24-27(25,26)23-6-4-2;;;/h25-26H,3-24H2,1-2H3;2*1H;1H3/q+1;;;/p-1. The van der Waals surface area contributed by atoms with Crippen LogP contribution in [0, 0.1) is 0 Å². The van der Waals surface area contributed by atoms with E-state index in [2.05, 4.69) is 13.8 Å². The Balaban J connectivity index is -0.00000113. The summed E-state index contributed by atoms with van der Waals surface area (Å²) in [4.78, 5) is 19.9. The second-order valence-electron chi connectivity index (χ2n) is 8.69. The second kappa shape index (κ2) is 30.3. The van der Waals surface area contributed by atoms with Crippen LogP contribution < -0.4 is 23.1 Å². The third-order valence-corrected chi connectivity index (χ3v) is 7.80. The summed E-state index contributed by atoms with van der Waals surface area (Å²) in [5.41, 5.74) is 0. The van der Waals surface area contributed by atoms with Gasteiger partial charge in [-0.3, -0.25) is 0 Å². The van der Waals surface area contributed by atoms with Crippen LogP contribution in [0.3, 0.4) is 0 Å². The first-order valence-electron chi connectivity index (χ1n) is 12.4. The highest BCUT2D eigenvalue weighted by Crippen LogP contribution is 2.51. The molecule has 0 heterocycles. The summed E-state index contributed by atoms with van der Waals surface area (Å²) in [6, 6.07) is 0. The van der Waals surface area contributed by atoms with E-state index in [1.54, 1.807) is 0 Å². The van der Waals surface area contributed by atoms with Crippen molar-refractivity contribution < 1.29 is 26.8 Å². The minimum atomic E-state index is -2.55. The van der Waals surface area contributed by atoms with E-state index in [0.29, 0.717) is 12.3 Å². The molecular formula is C24H56Br2NO2P. The smallest absolute Gasteiger partial charge is 0.267 e. The molecule has 0 aromatic carbocycles. The fourth-order valence-corrected chi connectivity index (χ4v) is 5.57. The molecule has 0 atom stereocenters. The van der Waals surface area contributed by atoms with Crippen molar-refractivity contribution in [2.24, 2.45) is 0 Å². The highest BCUT2D eigenvalue weighted by atomic mass is 79.9. The minimum Gasteiger partial charge on any atom is -1.00 e. The maximum Gasteiger partial charge on any atom is 0.267 e. The molecule has 0 saturated carbocycles. The van der Waals surface area contributed by atoms with Crippen molar-refractivity contribution in [2.45, 2.75) is 142 Å². The molecule has 0 aliphatic carbocycles. The van der Waals surface area contributed by atoms with E-state index >= 15 is 0 Å². The molecule has 5 N–H and O–H groups in total. The minimum absolute atomic E-state index is 0. The lowest BCUT2D eigenvalue weighted by atomic mass is 10.0. The van der Waals surface area contributed by atoms with Crippen molar-refractivity contribution in [3.63, 3.8) is 0 Å². The Hall–Kier alpha value is 1.27. The van der Waals surface area contributed by atoms with Crippen LogP contribution in [0.25, 0.3) is 0 Å². The maximum absolute atomic E-state index is 9.95. The highest BCUT2D eigenvalue weighted by molar-refractivity contribution is 8.93. The van der Waals surface area contributed by atoms with Crippen molar-refractivity contribution in [1.82, 2.24) is 6.15 Å². The summed E-state index contributed by atoms with van der Waals surface area (Å²) < 4.78 is 0. The Morgan fingerprint density at radius 1 is 0.433 bits per heavy atom. The van der Waals surface area contributed by atoms with Gasteiger partial charge in [-0.2, -0.15) is 0 Å². The summed E-state index contributed by atoms with van der Waals surface area (Å²) in [5, 5.41) is 0. The first-order chi connectivity index (χ1) is 13.1. The zero-order chi connectivity index (χ0) is 20.1. The average molecular weight is 581 g/mol. The molecule has 0 spiro atoms. The summed E-state index contributed by atoms with van der Waals surface area (Å²) >= 11 is 0. The summed E-state index contributed by atoms with van der Waals surface area (Å²) in [5.74, 6) is 0. The van der Waals surface area contributed by atoms with Gasteiger partial charge in [0.25, 0.3) is 7.72 Å². The van der Waals surface area contributed by atoms with Gasteiger partial charge in [0, 0.05) is 0 Å². The molecule has 0 aliphatic rings. The van der Waals surface area contributed by atoms with Gasteiger partial charge in [0.2, 0.25) is 0 Å². The zero-order valence-corrected chi connectivity index (χ0v) is 24.6. The largest absolute Gasteiger partial charge is 1.00 e. The number of hydrogen-bond acceptors (Lipinski definition) is 3. The van der Waals surface area contributed by atoms with E-state index in [4.69, 9.17) is 0 Å².